The van der Waals surface area contributed by atoms with Crippen LogP contribution in [0, 0.1) is 12.8 Å². The fourth-order valence-corrected chi connectivity index (χ4v) is 6.29. The van der Waals surface area contributed by atoms with Crippen molar-refractivity contribution in [1.82, 2.24) is 20.2 Å². The summed E-state index contributed by atoms with van der Waals surface area (Å²) in [4.78, 5) is 25.5. The molecule has 1 saturated carbocycles. The number of nitrogens with one attached hydrogen (secondary N) is 1. The van der Waals surface area contributed by atoms with Gasteiger partial charge in [-0.3, -0.25) is 4.90 Å². The third-order valence-corrected chi connectivity index (χ3v) is 8.12. The minimum absolute atomic E-state index is 0.238. The number of piperidine rings is 3. The summed E-state index contributed by atoms with van der Waals surface area (Å²) in [6, 6.07) is 7.01. The highest BCUT2D eigenvalue weighted by Crippen LogP contribution is 2.42. The minimum Gasteiger partial charge on any atom is -0.448 e. The lowest BCUT2D eigenvalue weighted by molar-refractivity contribution is -0.00403. The number of aryl methyl sites for hydroxylation is 1. The number of carbonyl (C=O) groups excluding carboxylic acids is 1. The van der Waals surface area contributed by atoms with E-state index < -0.39 is 0 Å². The molecular formula is C24H32N4O2S. The van der Waals surface area contributed by atoms with E-state index in [9.17, 15) is 4.79 Å². The van der Waals surface area contributed by atoms with Gasteiger partial charge in [0.05, 0.1) is 10.6 Å². The Hall–Kier alpha value is -1.99. The first kappa shape index (κ1) is 20.9. The molecule has 166 valence electrons. The highest BCUT2D eigenvalue weighted by Gasteiger charge is 2.42. The number of ether oxygens (including phenoxy) is 1. The number of amides is 1. The van der Waals surface area contributed by atoms with Gasteiger partial charge in [-0.1, -0.05) is 25.3 Å². The molecule has 5 heterocycles. The van der Waals surface area contributed by atoms with E-state index in [0.717, 1.165) is 43.9 Å². The molecule has 7 heteroatoms. The molecule has 2 aromatic heterocycles. The monoisotopic (exact) mass is 440 g/mol. The molecule has 1 unspecified atom stereocenters. The van der Waals surface area contributed by atoms with Crippen molar-refractivity contribution in [2.45, 2.75) is 69.9 Å². The van der Waals surface area contributed by atoms with Gasteiger partial charge in [0.15, 0.2) is 0 Å². The summed E-state index contributed by atoms with van der Waals surface area (Å²) < 4.78 is 5.65. The highest BCUT2D eigenvalue weighted by molar-refractivity contribution is 7.13. The number of nitrogens with zero attached hydrogens (tertiary/aromatic N) is 3. The van der Waals surface area contributed by atoms with Gasteiger partial charge < -0.3 is 10.1 Å². The Labute approximate surface area is 188 Å². The van der Waals surface area contributed by atoms with Crippen LogP contribution in [0.25, 0.3) is 10.6 Å². The molecule has 2 aromatic rings. The largest absolute Gasteiger partial charge is 0.448 e. The summed E-state index contributed by atoms with van der Waals surface area (Å²) in [5.74, 6) is 1.86. The summed E-state index contributed by atoms with van der Waals surface area (Å²) >= 11 is 1.72. The summed E-state index contributed by atoms with van der Waals surface area (Å²) in [6.45, 7) is 4.55. The predicted molar refractivity (Wildman–Crippen MR) is 122 cm³/mol. The van der Waals surface area contributed by atoms with E-state index >= 15 is 0 Å². The van der Waals surface area contributed by atoms with Crippen LogP contribution >= 0.6 is 11.3 Å². The zero-order valence-corrected chi connectivity index (χ0v) is 19.1. The van der Waals surface area contributed by atoms with Crippen molar-refractivity contribution in [1.29, 1.82) is 0 Å². The Morgan fingerprint density at radius 1 is 1.26 bits per heavy atom. The van der Waals surface area contributed by atoms with Gasteiger partial charge in [-0.05, 0) is 62.6 Å². The summed E-state index contributed by atoms with van der Waals surface area (Å²) in [7, 11) is 0. The lowest BCUT2D eigenvalue weighted by atomic mass is 9.74. The van der Waals surface area contributed by atoms with Crippen LogP contribution in [-0.2, 0) is 4.74 Å². The first-order valence-corrected chi connectivity index (χ1v) is 12.6. The molecule has 1 aliphatic carbocycles. The number of alkyl carbamates (subject to hydrolysis) is 1. The Kier molecular flexibility index (Phi) is 6.23. The SMILES string of the molecule is Cc1nc(-c2cccs2)cc([C@H]2CN3CC[C@H]2C[C@@H]3COC(=O)NC2CCCCC2)n1. The molecule has 6 rings (SSSR count). The first-order chi connectivity index (χ1) is 15.2. The smallest absolute Gasteiger partial charge is 0.407 e. The van der Waals surface area contributed by atoms with Crippen molar-refractivity contribution in [3.63, 3.8) is 0 Å². The minimum atomic E-state index is -0.238. The number of carbonyl (C=O) groups is 1. The molecule has 2 bridgehead atoms. The van der Waals surface area contributed by atoms with Gasteiger partial charge in [-0.25, -0.2) is 14.8 Å². The van der Waals surface area contributed by atoms with Crippen LogP contribution in [0.4, 0.5) is 4.79 Å². The van der Waals surface area contributed by atoms with Crippen LogP contribution in [0.2, 0.25) is 0 Å². The molecular weight excluding hydrogens is 408 g/mol. The average molecular weight is 441 g/mol. The molecule has 4 atom stereocenters. The molecule has 1 amide bonds. The summed E-state index contributed by atoms with van der Waals surface area (Å²) in [5.41, 5.74) is 2.20. The van der Waals surface area contributed by atoms with E-state index in [2.05, 4.69) is 38.8 Å². The third kappa shape index (κ3) is 4.77. The lowest BCUT2D eigenvalue weighted by Crippen LogP contribution is -2.54. The van der Waals surface area contributed by atoms with Crippen LogP contribution in [0.3, 0.4) is 0 Å². The van der Waals surface area contributed by atoms with Crippen molar-refractivity contribution in [2.24, 2.45) is 5.92 Å². The van der Waals surface area contributed by atoms with E-state index in [-0.39, 0.29) is 6.09 Å². The normalized spacial score (nSPS) is 28.4. The Morgan fingerprint density at radius 3 is 2.87 bits per heavy atom. The standard InChI is InChI=1S/C24H32N4O2S/c1-16-25-21(13-22(26-16)23-8-5-11-31-23)20-14-28-10-9-17(20)12-19(28)15-30-24(29)27-18-6-3-2-4-7-18/h5,8,11,13,17-20H,2-4,6-7,9-10,12,14-15H2,1H3,(H,27,29)/t17-,19+,20-/m0/s1. The van der Waals surface area contributed by atoms with Gasteiger partial charge in [0.25, 0.3) is 0 Å². The third-order valence-electron chi connectivity index (χ3n) is 7.22. The van der Waals surface area contributed by atoms with Gasteiger partial charge >= 0.3 is 6.09 Å². The fraction of sp³-hybridized carbons (Fsp3) is 0.625. The van der Waals surface area contributed by atoms with E-state index in [4.69, 9.17) is 9.72 Å². The van der Waals surface area contributed by atoms with E-state index in [0.29, 0.717) is 30.5 Å². The van der Waals surface area contributed by atoms with Crippen molar-refractivity contribution in [3.8, 4) is 10.6 Å². The van der Waals surface area contributed by atoms with Crippen LogP contribution in [0.15, 0.2) is 23.6 Å². The molecule has 0 radical (unpaired) electrons. The van der Waals surface area contributed by atoms with E-state index in [1.807, 2.05) is 6.92 Å². The van der Waals surface area contributed by atoms with Gasteiger partial charge in [-0.2, -0.15) is 0 Å². The molecule has 1 N–H and O–H groups in total. The summed E-state index contributed by atoms with van der Waals surface area (Å²) in [6.07, 6.45) is 7.89. The molecule has 4 aliphatic rings. The van der Waals surface area contributed by atoms with Crippen LogP contribution in [-0.4, -0.2) is 52.7 Å². The molecule has 0 aromatic carbocycles. The quantitative estimate of drug-likeness (QED) is 0.727. The van der Waals surface area contributed by atoms with Gasteiger partial charge in [0.2, 0.25) is 0 Å². The Morgan fingerprint density at radius 2 is 2.13 bits per heavy atom. The molecule has 0 spiro atoms. The van der Waals surface area contributed by atoms with Crippen LogP contribution in [0.5, 0.6) is 0 Å². The molecule has 3 saturated heterocycles. The first-order valence-electron chi connectivity index (χ1n) is 11.7. The number of hydrogen-bond donors (Lipinski definition) is 1. The molecule has 4 fully saturated rings. The molecule has 3 aliphatic heterocycles. The Bertz CT molecular complexity index is 897. The van der Waals surface area contributed by atoms with Crippen molar-refractivity contribution < 1.29 is 9.53 Å². The maximum atomic E-state index is 12.3. The lowest BCUT2D eigenvalue weighted by Gasteiger charge is -2.49. The second kappa shape index (κ2) is 9.25. The zero-order chi connectivity index (χ0) is 21.2. The number of hydrogen-bond acceptors (Lipinski definition) is 6. The fourth-order valence-electron chi connectivity index (χ4n) is 5.61. The number of rotatable bonds is 5. The topological polar surface area (TPSA) is 67.4 Å². The van der Waals surface area contributed by atoms with Crippen LogP contribution in [0.1, 0.15) is 62.4 Å². The van der Waals surface area contributed by atoms with Gasteiger partial charge in [0.1, 0.15) is 12.4 Å². The maximum Gasteiger partial charge on any atom is 0.407 e. The van der Waals surface area contributed by atoms with Crippen molar-refractivity contribution >= 4 is 17.4 Å². The summed E-state index contributed by atoms with van der Waals surface area (Å²) in [5, 5.41) is 5.16. The van der Waals surface area contributed by atoms with E-state index in [1.54, 1.807) is 11.3 Å². The van der Waals surface area contributed by atoms with Crippen LogP contribution < -0.4 is 5.32 Å². The zero-order valence-electron chi connectivity index (χ0n) is 18.3. The second-order valence-electron chi connectivity index (χ2n) is 9.32. The highest BCUT2D eigenvalue weighted by atomic mass is 32.1. The van der Waals surface area contributed by atoms with E-state index in [1.165, 1.54) is 36.3 Å². The van der Waals surface area contributed by atoms with Crippen molar-refractivity contribution in [2.75, 3.05) is 19.7 Å². The number of aromatic nitrogens is 2. The maximum absolute atomic E-state index is 12.3. The van der Waals surface area contributed by atoms with Gasteiger partial charge in [0, 0.05) is 30.2 Å². The molecule has 31 heavy (non-hydrogen) atoms. The average Bonchev–Trinajstić information content (AvgIpc) is 3.33. The van der Waals surface area contributed by atoms with Gasteiger partial charge in [-0.15, -0.1) is 11.3 Å². The van der Waals surface area contributed by atoms with Crippen molar-refractivity contribution in [3.05, 3.63) is 35.1 Å². The number of thiophene rings is 1. The second-order valence-corrected chi connectivity index (χ2v) is 10.3. The Balaban J connectivity index is 1.20. The number of fused-ring (bicyclic) bond motifs is 3. The predicted octanol–water partition coefficient (Wildman–Crippen LogP) is 4.75. The molecule has 6 nitrogen and oxygen atoms in total.